The third-order valence-corrected chi connectivity index (χ3v) is 7.35. The van der Waals surface area contributed by atoms with Gasteiger partial charge in [0.25, 0.3) is 10.9 Å². The van der Waals surface area contributed by atoms with Crippen LogP contribution in [0.2, 0.25) is 5.15 Å². The van der Waals surface area contributed by atoms with Gasteiger partial charge in [-0.05, 0) is 61.9 Å². The van der Waals surface area contributed by atoms with Gasteiger partial charge in [0.15, 0.2) is 0 Å². The summed E-state index contributed by atoms with van der Waals surface area (Å²) in [5.74, 6) is 0.424. The number of halogens is 1. The van der Waals surface area contributed by atoms with E-state index in [1.807, 2.05) is 55.1 Å². The van der Waals surface area contributed by atoms with Gasteiger partial charge in [-0.3, -0.25) is 9.59 Å². The van der Waals surface area contributed by atoms with Gasteiger partial charge in [0.2, 0.25) is 5.88 Å². The monoisotopic (exact) mass is 533 g/mol. The van der Waals surface area contributed by atoms with Crippen LogP contribution in [0.3, 0.4) is 0 Å². The number of fused-ring (bicyclic) bond motifs is 1. The van der Waals surface area contributed by atoms with Crippen molar-refractivity contribution < 1.29 is 14.3 Å². The van der Waals surface area contributed by atoms with Gasteiger partial charge in [0.05, 0.1) is 7.11 Å². The van der Waals surface area contributed by atoms with E-state index in [1.54, 1.807) is 18.2 Å². The average molecular weight is 534 g/mol. The highest BCUT2D eigenvalue weighted by Gasteiger charge is 2.37. The second-order valence-corrected chi connectivity index (χ2v) is 10.1. The van der Waals surface area contributed by atoms with E-state index < -0.39 is 22.9 Å². The van der Waals surface area contributed by atoms with E-state index in [1.165, 1.54) is 7.11 Å². The van der Waals surface area contributed by atoms with Gasteiger partial charge in [-0.15, -0.1) is 0 Å². The summed E-state index contributed by atoms with van der Waals surface area (Å²) in [6, 6.07) is 16.1. The topological polar surface area (TPSA) is 97.8 Å². The molecule has 0 radical (unpaired) electrons. The summed E-state index contributed by atoms with van der Waals surface area (Å²) in [5, 5.41) is 5.10. The molecule has 0 saturated carbocycles. The van der Waals surface area contributed by atoms with Crippen LogP contribution in [0.15, 0.2) is 64.2 Å². The van der Waals surface area contributed by atoms with Crippen LogP contribution in [-0.2, 0) is 16.0 Å². The number of anilines is 2. The smallest absolute Gasteiger partial charge is 0.328 e. The fourth-order valence-corrected chi connectivity index (χ4v) is 5.35. The molecule has 38 heavy (non-hydrogen) atoms. The lowest BCUT2D eigenvalue weighted by molar-refractivity contribution is -0.141. The lowest BCUT2D eigenvalue weighted by Gasteiger charge is -2.32. The molecule has 3 atom stereocenters. The Hall–Kier alpha value is -3.91. The van der Waals surface area contributed by atoms with Gasteiger partial charge in [-0.2, -0.15) is 0 Å². The molecule has 0 spiro atoms. The number of aromatic nitrogens is 1. The normalized spacial score (nSPS) is 18.1. The second kappa shape index (κ2) is 10.5. The molecular weight excluding hydrogens is 506 g/mol. The van der Waals surface area contributed by atoms with Crippen molar-refractivity contribution in [1.29, 1.82) is 0 Å². The van der Waals surface area contributed by atoms with Crippen LogP contribution < -0.4 is 25.8 Å². The van der Waals surface area contributed by atoms with Crippen molar-refractivity contribution in [3.63, 3.8) is 0 Å². The van der Waals surface area contributed by atoms with E-state index >= 15 is 0 Å². The molecule has 9 heteroatoms. The summed E-state index contributed by atoms with van der Waals surface area (Å²) in [6.45, 7) is 4.07. The van der Waals surface area contributed by atoms with Gasteiger partial charge >= 0.3 is 5.97 Å². The zero-order valence-corrected chi connectivity index (χ0v) is 22.1. The Kier molecular flexibility index (Phi) is 7.08. The molecule has 3 aromatic carbocycles. The van der Waals surface area contributed by atoms with Gasteiger partial charge in [0, 0.05) is 23.9 Å². The Morgan fingerprint density at radius 1 is 1.08 bits per heavy atom. The van der Waals surface area contributed by atoms with E-state index in [2.05, 4.69) is 10.3 Å². The number of esters is 1. The van der Waals surface area contributed by atoms with E-state index in [9.17, 15) is 14.4 Å². The van der Waals surface area contributed by atoms with Crippen LogP contribution in [-0.4, -0.2) is 36.2 Å². The van der Waals surface area contributed by atoms with Crippen molar-refractivity contribution in [1.82, 2.24) is 4.98 Å². The van der Waals surface area contributed by atoms with Crippen LogP contribution in [0.4, 0.5) is 11.4 Å². The summed E-state index contributed by atoms with van der Waals surface area (Å²) in [7, 11) is 1.30. The van der Waals surface area contributed by atoms with Gasteiger partial charge in [-0.1, -0.05) is 41.9 Å². The summed E-state index contributed by atoms with van der Waals surface area (Å²) in [5.41, 5.74) is 0.245. The minimum Gasteiger partial charge on any atom is -0.467 e. The molecule has 0 aliphatic carbocycles. The van der Waals surface area contributed by atoms with Gasteiger partial charge in [0.1, 0.15) is 28.3 Å². The zero-order valence-electron chi connectivity index (χ0n) is 21.4. The molecule has 5 rings (SSSR count). The lowest BCUT2D eigenvalue weighted by Crippen LogP contribution is -2.48. The van der Waals surface area contributed by atoms with Crippen molar-refractivity contribution in [2.24, 2.45) is 0 Å². The van der Waals surface area contributed by atoms with Crippen molar-refractivity contribution in [3.05, 3.63) is 85.8 Å². The number of carbonyl (C=O) groups is 1. The first-order chi connectivity index (χ1) is 18.3. The van der Waals surface area contributed by atoms with Crippen molar-refractivity contribution in [2.45, 2.75) is 51.2 Å². The number of nitrogens with zero attached hydrogens (tertiary/aromatic N) is 2. The molecule has 8 nitrogen and oxygen atoms in total. The summed E-state index contributed by atoms with van der Waals surface area (Å²) in [4.78, 5) is 43.9. The molecule has 0 bridgehead atoms. The molecule has 1 fully saturated rings. The number of ether oxygens (including phenoxy) is 2. The molecule has 1 aliphatic rings. The number of hydrogen-bond acceptors (Lipinski definition) is 8. The largest absolute Gasteiger partial charge is 0.467 e. The van der Waals surface area contributed by atoms with Gasteiger partial charge in [-0.25, -0.2) is 9.78 Å². The number of benzene rings is 2. The van der Waals surface area contributed by atoms with Crippen LogP contribution in [0, 0.1) is 0 Å². The maximum absolute atomic E-state index is 12.6. The number of nitrogens with one attached hydrogen (secondary N) is 1. The molecule has 1 saturated heterocycles. The molecule has 0 amide bonds. The quantitative estimate of drug-likeness (QED) is 0.195. The first-order valence-corrected chi connectivity index (χ1v) is 12.9. The number of carbonyl (C=O) groups excluding carboxylic acids is 1. The third-order valence-electron chi connectivity index (χ3n) is 7.15. The fourth-order valence-electron chi connectivity index (χ4n) is 5.16. The van der Waals surface area contributed by atoms with Crippen LogP contribution in [0.25, 0.3) is 10.8 Å². The Balaban J connectivity index is 1.35. The lowest BCUT2D eigenvalue weighted by atomic mass is 10.0. The molecule has 4 aromatic rings. The van der Waals surface area contributed by atoms with Crippen LogP contribution in [0.5, 0.6) is 11.6 Å². The molecule has 196 valence electrons. The molecule has 0 unspecified atom stereocenters. The maximum atomic E-state index is 12.6. The van der Waals surface area contributed by atoms with Crippen LogP contribution in [0.1, 0.15) is 32.3 Å². The van der Waals surface area contributed by atoms with Crippen molar-refractivity contribution >= 4 is 39.7 Å². The first-order valence-electron chi connectivity index (χ1n) is 12.5. The summed E-state index contributed by atoms with van der Waals surface area (Å²) >= 11 is 6.17. The second-order valence-electron chi connectivity index (χ2n) is 9.71. The molecular formula is C29H28ClN3O5. The summed E-state index contributed by atoms with van der Waals surface area (Å²) in [6.07, 6.45) is 2.12. The number of hydrogen-bond donors (Lipinski definition) is 1. The van der Waals surface area contributed by atoms with E-state index in [0.717, 1.165) is 29.2 Å². The Bertz CT molecular complexity index is 1550. The highest BCUT2D eigenvalue weighted by atomic mass is 35.5. The van der Waals surface area contributed by atoms with E-state index in [0.29, 0.717) is 22.5 Å². The van der Waals surface area contributed by atoms with Gasteiger partial charge < -0.3 is 19.7 Å². The number of pyridine rings is 1. The van der Waals surface area contributed by atoms with Crippen molar-refractivity contribution in [2.75, 3.05) is 17.3 Å². The van der Waals surface area contributed by atoms with Crippen molar-refractivity contribution in [3.8, 4) is 11.6 Å². The minimum atomic E-state index is -0.847. The standard InChI is InChI=1S/C29H28ClN3O5/c1-16-8-9-17(2)33(16)25-24(26(34)27(25)35)31-22(29(36)37-3)14-18-10-12-20(13-11-18)38-28-21-7-5-4-6-19(21)15-23(30)32-28/h4-7,10-13,15-17,22,31H,8-9,14H2,1-3H3/t16-,17-,22+/m1/s1. The first kappa shape index (κ1) is 25.7. The highest BCUT2D eigenvalue weighted by molar-refractivity contribution is 6.30. The average Bonchev–Trinajstić information content (AvgIpc) is 3.24. The third kappa shape index (κ3) is 4.84. The number of rotatable bonds is 8. The predicted molar refractivity (Wildman–Crippen MR) is 148 cm³/mol. The fraction of sp³-hybridized carbons (Fsp3) is 0.310. The van der Waals surface area contributed by atoms with Crippen LogP contribution >= 0.6 is 11.6 Å². The Morgan fingerprint density at radius 2 is 1.76 bits per heavy atom. The Labute approximate surface area is 224 Å². The molecule has 1 aliphatic heterocycles. The maximum Gasteiger partial charge on any atom is 0.328 e. The molecule has 1 N–H and O–H groups in total. The molecule has 2 heterocycles. The highest BCUT2D eigenvalue weighted by Crippen LogP contribution is 2.33. The SMILES string of the molecule is COC(=O)[C@H](Cc1ccc(Oc2nc(Cl)cc3ccccc23)cc1)Nc1c(N2[C@H](C)CC[C@H]2C)c(=O)c1=O. The minimum absolute atomic E-state index is 0.143. The number of methoxy groups -OCH3 is 1. The summed E-state index contributed by atoms with van der Waals surface area (Å²) < 4.78 is 11.0. The van der Waals surface area contributed by atoms with E-state index in [4.69, 9.17) is 21.1 Å². The van der Waals surface area contributed by atoms with E-state index in [-0.39, 0.29) is 24.2 Å². The predicted octanol–water partition coefficient (Wildman–Crippen LogP) is 4.85. The zero-order chi connectivity index (χ0) is 27.0. The molecule has 1 aromatic heterocycles. The Morgan fingerprint density at radius 3 is 2.45 bits per heavy atom.